The van der Waals surface area contributed by atoms with E-state index in [1.807, 2.05) is 19.2 Å². The fourth-order valence-electron chi connectivity index (χ4n) is 2.60. The van der Waals surface area contributed by atoms with Gasteiger partial charge in [0.25, 0.3) is 11.5 Å². The second-order valence-corrected chi connectivity index (χ2v) is 6.20. The van der Waals surface area contributed by atoms with Gasteiger partial charge in [0.15, 0.2) is 0 Å². The molecule has 1 aromatic carbocycles. The summed E-state index contributed by atoms with van der Waals surface area (Å²) in [5.74, 6) is 0.337. The van der Waals surface area contributed by atoms with Gasteiger partial charge in [0.1, 0.15) is 10.9 Å². The summed E-state index contributed by atoms with van der Waals surface area (Å²) in [6.07, 6.45) is 3.55. The number of aromatic nitrogens is 3. The van der Waals surface area contributed by atoms with E-state index in [1.54, 1.807) is 41.4 Å². The molecule has 1 N–H and O–H groups in total. The van der Waals surface area contributed by atoms with E-state index in [-0.39, 0.29) is 18.0 Å². The maximum absolute atomic E-state index is 12.9. The summed E-state index contributed by atoms with van der Waals surface area (Å²) in [7, 11) is 0. The average molecular weight is 354 g/mol. The first-order valence-corrected chi connectivity index (χ1v) is 9.12. The molecule has 7 heteroatoms. The first-order chi connectivity index (χ1) is 12.1. The molecule has 2 heterocycles. The Labute approximate surface area is 149 Å². The molecule has 0 bridgehead atoms. The number of benzene rings is 1. The molecule has 0 aliphatic carbocycles. The lowest BCUT2D eigenvalue weighted by molar-refractivity contribution is 0.0744. The highest BCUT2D eigenvalue weighted by Crippen LogP contribution is 2.19. The Morgan fingerprint density at radius 2 is 2.04 bits per heavy atom. The predicted molar refractivity (Wildman–Crippen MR) is 98.8 cm³/mol. The van der Waals surface area contributed by atoms with Gasteiger partial charge in [-0.2, -0.15) is 0 Å². The Balaban J connectivity index is 1.92. The van der Waals surface area contributed by atoms with Crippen LogP contribution in [0.4, 0.5) is 0 Å². The first-order valence-electron chi connectivity index (χ1n) is 7.90. The molecule has 6 nitrogen and oxygen atoms in total. The highest BCUT2D eigenvalue weighted by molar-refractivity contribution is 7.98. The van der Waals surface area contributed by atoms with Crippen LogP contribution in [0.25, 0.3) is 10.9 Å². The van der Waals surface area contributed by atoms with E-state index in [9.17, 15) is 9.59 Å². The van der Waals surface area contributed by atoms with Crippen LogP contribution >= 0.6 is 11.8 Å². The van der Waals surface area contributed by atoms with Gasteiger partial charge in [-0.25, -0.2) is 9.97 Å². The summed E-state index contributed by atoms with van der Waals surface area (Å²) in [5.41, 5.74) is 0.978. The van der Waals surface area contributed by atoms with Crippen molar-refractivity contribution in [3.05, 3.63) is 64.3 Å². The van der Waals surface area contributed by atoms with Gasteiger partial charge in [0.2, 0.25) is 0 Å². The summed E-state index contributed by atoms with van der Waals surface area (Å²) in [4.78, 5) is 38.2. The van der Waals surface area contributed by atoms with Gasteiger partial charge in [-0.15, -0.1) is 11.8 Å². The van der Waals surface area contributed by atoms with Crippen molar-refractivity contribution in [1.29, 1.82) is 0 Å². The van der Waals surface area contributed by atoms with Crippen molar-refractivity contribution in [2.45, 2.75) is 18.5 Å². The highest BCUT2D eigenvalue weighted by atomic mass is 32.2. The lowest BCUT2D eigenvalue weighted by atomic mass is 10.2. The molecular weight excluding hydrogens is 336 g/mol. The van der Waals surface area contributed by atoms with Gasteiger partial charge in [0.05, 0.1) is 23.0 Å². The molecule has 0 spiro atoms. The van der Waals surface area contributed by atoms with Gasteiger partial charge >= 0.3 is 0 Å². The van der Waals surface area contributed by atoms with E-state index in [0.717, 1.165) is 0 Å². The Kier molecular flexibility index (Phi) is 5.14. The molecule has 0 fully saturated rings. The van der Waals surface area contributed by atoms with Crippen LogP contribution in [0.3, 0.4) is 0 Å². The smallest absolute Gasteiger partial charge is 0.258 e. The number of hydrogen-bond donors (Lipinski definition) is 1. The molecule has 2 aromatic heterocycles. The largest absolute Gasteiger partial charge is 0.331 e. The van der Waals surface area contributed by atoms with Crippen molar-refractivity contribution in [2.24, 2.45) is 0 Å². The molecular formula is C18H18N4O2S. The summed E-state index contributed by atoms with van der Waals surface area (Å²) >= 11 is 1.43. The number of hydrogen-bond acceptors (Lipinski definition) is 5. The lowest BCUT2D eigenvalue weighted by Crippen LogP contribution is -2.32. The third kappa shape index (κ3) is 3.56. The number of pyridine rings is 1. The number of nitrogens with one attached hydrogen (secondary N) is 1. The van der Waals surface area contributed by atoms with Gasteiger partial charge in [-0.3, -0.25) is 9.59 Å². The van der Waals surface area contributed by atoms with Crippen LogP contribution in [0.15, 0.2) is 52.4 Å². The van der Waals surface area contributed by atoms with Crippen molar-refractivity contribution >= 4 is 28.6 Å². The minimum absolute atomic E-state index is 0.129. The number of H-pyrrole nitrogens is 1. The maximum Gasteiger partial charge on any atom is 0.258 e. The monoisotopic (exact) mass is 354 g/mol. The molecule has 0 unspecified atom stereocenters. The van der Waals surface area contributed by atoms with E-state index in [2.05, 4.69) is 15.0 Å². The topological polar surface area (TPSA) is 79.0 Å². The molecule has 1 amide bonds. The van der Waals surface area contributed by atoms with Gasteiger partial charge in [-0.05, 0) is 37.4 Å². The summed E-state index contributed by atoms with van der Waals surface area (Å²) in [5, 5.41) is 1.23. The fourth-order valence-corrected chi connectivity index (χ4v) is 3.15. The average Bonchev–Trinajstić information content (AvgIpc) is 2.65. The van der Waals surface area contributed by atoms with Crippen molar-refractivity contribution in [3.63, 3.8) is 0 Å². The van der Waals surface area contributed by atoms with Crippen LogP contribution in [0, 0.1) is 0 Å². The molecule has 0 aliphatic heterocycles. The van der Waals surface area contributed by atoms with E-state index in [4.69, 9.17) is 0 Å². The normalized spacial score (nSPS) is 10.8. The third-order valence-corrected chi connectivity index (χ3v) is 4.58. The van der Waals surface area contributed by atoms with Crippen molar-refractivity contribution < 1.29 is 4.79 Å². The zero-order chi connectivity index (χ0) is 17.8. The molecule has 3 rings (SSSR count). The SMILES string of the molecule is CCN(Cc1nc2ccccc2c(=O)[nH]1)C(=O)c1cccnc1SC. The second-order valence-electron chi connectivity index (χ2n) is 5.41. The van der Waals surface area contributed by atoms with E-state index >= 15 is 0 Å². The molecule has 0 saturated carbocycles. The molecule has 3 aromatic rings. The van der Waals surface area contributed by atoms with Crippen LogP contribution in [0.1, 0.15) is 23.1 Å². The maximum atomic E-state index is 12.9. The molecule has 0 saturated heterocycles. The third-order valence-electron chi connectivity index (χ3n) is 3.87. The van der Waals surface area contributed by atoms with Crippen LogP contribution in [0.5, 0.6) is 0 Å². The van der Waals surface area contributed by atoms with E-state index in [1.165, 1.54) is 11.8 Å². The van der Waals surface area contributed by atoms with Crippen LogP contribution in [-0.2, 0) is 6.54 Å². The predicted octanol–water partition coefficient (Wildman–Crippen LogP) is 2.70. The fraction of sp³-hybridized carbons (Fsp3) is 0.222. The Bertz CT molecular complexity index is 970. The number of rotatable bonds is 5. The van der Waals surface area contributed by atoms with Gasteiger partial charge < -0.3 is 9.88 Å². The van der Waals surface area contributed by atoms with Crippen molar-refractivity contribution in [2.75, 3.05) is 12.8 Å². The Hall–Kier alpha value is -2.67. The molecule has 128 valence electrons. The van der Waals surface area contributed by atoms with Crippen LogP contribution in [-0.4, -0.2) is 38.6 Å². The van der Waals surface area contributed by atoms with E-state index in [0.29, 0.717) is 33.9 Å². The minimum Gasteiger partial charge on any atom is -0.331 e. The minimum atomic E-state index is -0.199. The number of fused-ring (bicyclic) bond motifs is 1. The second kappa shape index (κ2) is 7.48. The first kappa shape index (κ1) is 17.2. The van der Waals surface area contributed by atoms with E-state index < -0.39 is 0 Å². The number of aromatic amines is 1. The zero-order valence-corrected chi connectivity index (χ0v) is 14.8. The number of nitrogens with zero attached hydrogens (tertiary/aromatic N) is 3. The summed E-state index contributed by atoms with van der Waals surface area (Å²) in [6, 6.07) is 10.7. The Morgan fingerprint density at radius 3 is 2.80 bits per heavy atom. The summed E-state index contributed by atoms with van der Waals surface area (Å²) < 4.78 is 0. The summed E-state index contributed by atoms with van der Waals surface area (Å²) in [6.45, 7) is 2.63. The van der Waals surface area contributed by atoms with Crippen LogP contribution < -0.4 is 5.56 Å². The van der Waals surface area contributed by atoms with Gasteiger partial charge in [0, 0.05) is 12.7 Å². The highest BCUT2D eigenvalue weighted by Gasteiger charge is 2.19. The quantitative estimate of drug-likeness (QED) is 0.713. The Morgan fingerprint density at radius 1 is 1.24 bits per heavy atom. The van der Waals surface area contributed by atoms with Crippen molar-refractivity contribution in [1.82, 2.24) is 19.9 Å². The standard InChI is InChI=1S/C18H18N4O2S/c1-3-22(18(24)13-8-6-10-19-17(13)25-2)11-15-20-14-9-5-4-7-12(14)16(23)21-15/h4-10H,3,11H2,1-2H3,(H,20,21,23). The molecule has 0 radical (unpaired) electrons. The van der Waals surface area contributed by atoms with Crippen molar-refractivity contribution in [3.8, 4) is 0 Å². The number of amides is 1. The molecule has 25 heavy (non-hydrogen) atoms. The number of thioether (sulfide) groups is 1. The lowest BCUT2D eigenvalue weighted by Gasteiger charge is -2.21. The van der Waals surface area contributed by atoms with Gasteiger partial charge in [-0.1, -0.05) is 12.1 Å². The molecule has 0 atom stereocenters. The number of para-hydroxylation sites is 1. The number of carbonyl (C=O) groups excluding carboxylic acids is 1. The number of carbonyl (C=O) groups is 1. The molecule has 0 aliphatic rings. The van der Waals surface area contributed by atoms with Crippen LogP contribution in [0.2, 0.25) is 0 Å². The zero-order valence-electron chi connectivity index (χ0n) is 14.0.